The molecule has 0 fully saturated rings. The van der Waals surface area contributed by atoms with Gasteiger partial charge in [-0.15, -0.1) is 0 Å². The highest BCUT2D eigenvalue weighted by Crippen LogP contribution is 2.26. The van der Waals surface area contributed by atoms with Crippen molar-refractivity contribution in [3.05, 3.63) is 83.6 Å². The maximum Gasteiger partial charge on any atom is 0.124 e. The van der Waals surface area contributed by atoms with Crippen molar-refractivity contribution in [2.24, 2.45) is 0 Å². The van der Waals surface area contributed by atoms with Crippen molar-refractivity contribution in [3.63, 3.8) is 0 Å². The van der Waals surface area contributed by atoms with E-state index in [4.69, 9.17) is 4.74 Å². The highest BCUT2D eigenvalue weighted by Gasteiger charge is 2.06. The van der Waals surface area contributed by atoms with Crippen LogP contribution < -0.4 is 4.74 Å². The van der Waals surface area contributed by atoms with Gasteiger partial charge in [-0.25, -0.2) is 0 Å². The summed E-state index contributed by atoms with van der Waals surface area (Å²) in [6.07, 6.45) is 1.37. The fourth-order valence-electron chi connectivity index (χ4n) is 3.36. The highest BCUT2D eigenvalue weighted by atomic mass is 16.5. The molecule has 0 saturated carbocycles. The first-order valence-electron chi connectivity index (χ1n) is 8.68. The van der Waals surface area contributed by atoms with E-state index < -0.39 is 0 Å². The molecule has 0 amide bonds. The van der Waals surface area contributed by atoms with Gasteiger partial charge in [0.05, 0.1) is 5.52 Å². The summed E-state index contributed by atoms with van der Waals surface area (Å²) in [4.78, 5) is 15.4. The van der Waals surface area contributed by atoms with Gasteiger partial charge in [-0.05, 0) is 47.5 Å². The Balaban J connectivity index is 1.63. The molecule has 0 bridgehead atoms. The van der Waals surface area contributed by atoms with E-state index in [0.29, 0.717) is 13.0 Å². The van der Waals surface area contributed by atoms with Gasteiger partial charge < -0.3 is 9.53 Å². The Labute approximate surface area is 152 Å². The first kappa shape index (κ1) is 16.3. The average molecular weight is 341 g/mol. The number of fused-ring (bicyclic) bond motifs is 2. The molecule has 0 N–H and O–H groups in total. The minimum atomic E-state index is 0.430. The predicted molar refractivity (Wildman–Crippen MR) is 105 cm³/mol. The van der Waals surface area contributed by atoms with Crippen molar-refractivity contribution in [2.45, 2.75) is 20.0 Å². The summed E-state index contributed by atoms with van der Waals surface area (Å²) < 4.78 is 6.07. The van der Waals surface area contributed by atoms with Gasteiger partial charge in [0.15, 0.2) is 0 Å². The summed E-state index contributed by atoms with van der Waals surface area (Å²) in [5.41, 5.74) is 4.14. The van der Waals surface area contributed by atoms with Crippen molar-refractivity contribution < 1.29 is 9.53 Å². The monoisotopic (exact) mass is 341 g/mol. The van der Waals surface area contributed by atoms with Crippen LogP contribution in [0.5, 0.6) is 5.75 Å². The second-order valence-electron chi connectivity index (χ2n) is 6.40. The van der Waals surface area contributed by atoms with Crippen LogP contribution in [0.3, 0.4) is 0 Å². The van der Waals surface area contributed by atoms with Gasteiger partial charge in [0, 0.05) is 23.1 Å². The molecule has 4 aromatic rings. The van der Waals surface area contributed by atoms with E-state index >= 15 is 0 Å². The van der Waals surface area contributed by atoms with E-state index in [-0.39, 0.29) is 0 Å². The summed E-state index contributed by atoms with van der Waals surface area (Å²) in [5.74, 6) is 0.819. The van der Waals surface area contributed by atoms with Crippen molar-refractivity contribution in [2.75, 3.05) is 0 Å². The van der Waals surface area contributed by atoms with Gasteiger partial charge in [-0.3, -0.25) is 4.98 Å². The number of hydrogen-bond donors (Lipinski definition) is 0. The van der Waals surface area contributed by atoms with Crippen LogP contribution >= 0.6 is 0 Å². The minimum absolute atomic E-state index is 0.430. The molecule has 3 aromatic carbocycles. The van der Waals surface area contributed by atoms with Crippen molar-refractivity contribution >= 4 is 28.0 Å². The first-order chi connectivity index (χ1) is 12.7. The second kappa shape index (κ2) is 6.96. The molecule has 4 rings (SSSR count). The van der Waals surface area contributed by atoms with Gasteiger partial charge in [-0.1, -0.05) is 42.5 Å². The standard InChI is InChI=1S/C23H19NO2/c1-16-13-19(22-7-2-3-8-23(22)24-16)15-26-20-9-10-21-17(11-12-25)5-4-6-18(21)14-20/h2-10,12-14H,11,15H2,1H3. The number of hydrogen-bond acceptors (Lipinski definition) is 3. The molecule has 0 radical (unpaired) electrons. The van der Waals surface area contributed by atoms with Crippen LogP contribution in [0.4, 0.5) is 0 Å². The van der Waals surface area contributed by atoms with E-state index in [1.165, 1.54) is 0 Å². The van der Waals surface area contributed by atoms with E-state index in [1.807, 2.05) is 61.5 Å². The zero-order chi connectivity index (χ0) is 17.9. The molecule has 0 unspecified atom stereocenters. The topological polar surface area (TPSA) is 39.2 Å². The Bertz CT molecular complexity index is 1100. The largest absolute Gasteiger partial charge is 0.489 e. The molecule has 26 heavy (non-hydrogen) atoms. The van der Waals surface area contributed by atoms with Gasteiger partial charge in [0.1, 0.15) is 18.6 Å². The van der Waals surface area contributed by atoms with Crippen molar-refractivity contribution in [1.82, 2.24) is 4.98 Å². The van der Waals surface area contributed by atoms with Crippen molar-refractivity contribution in [3.8, 4) is 5.75 Å². The molecule has 0 spiro atoms. The van der Waals surface area contributed by atoms with E-state index in [9.17, 15) is 4.79 Å². The van der Waals surface area contributed by atoms with Crippen molar-refractivity contribution in [1.29, 1.82) is 0 Å². The maximum atomic E-state index is 10.8. The number of carbonyl (C=O) groups excluding carboxylic acids is 1. The van der Waals surface area contributed by atoms with E-state index in [2.05, 4.69) is 17.1 Å². The third kappa shape index (κ3) is 3.16. The number of ether oxygens (including phenoxy) is 1. The molecule has 0 aliphatic rings. The van der Waals surface area contributed by atoms with Crippen LogP contribution in [0, 0.1) is 6.92 Å². The van der Waals surface area contributed by atoms with Crippen LogP contribution in [0.2, 0.25) is 0 Å². The number of nitrogens with zero attached hydrogens (tertiary/aromatic N) is 1. The Hall–Kier alpha value is -3.20. The minimum Gasteiger partial charge on any atom is -0.489 e. The summed E-state index contributed by atoms with van der Waals surface area (Å²) >= 11 is 0. The lowest BCUT2D eigenvalue weighted by molar-refractivity contribution is -0.107. The number of para-hydroxylation sites is 1. The summed E-state index contributed by atoms with van der Waals surface area (Å²) in [5, 5.41) is 3.29. The normalized spacial score (nSPS) is 11.0. The van der Waals surface area contributed by atoms with E-state index in [1.54, 1.807) is 0 Å². The van der Waals surface area contributed by atoms with E-state index in [0.717, 1.165) is 50.5 Å². The molecule has 128 valence electrons. The Kier molecular flexibility index (Phi) is 4.36. The number of carbonyl (C=O) groups is 1. The number of pyridine rings is 1. The lowest BCUT2D eigenvalue weighted by Gasteiger charge is -2.11. The molecular formula is C23H19NO2. The maximum absolute atomic E-state index is 10.8. The molecule has 3 nitrogen and oxygen atoms in total. The molecule has 0 aliphatic heterocycles. The first-order valence-corrected chi connectivity index (χ1v) is 8.68. The molecule has 0 saturated heterocycles. The predicted octanol–water partition coefficient (Wildman–Crippen LogP) is 5.02. The Morgan fingerprint density at radius 1 is 0.923 bits per heavy atom. The fourth-order valence-corrected chi connectivity index (χ4v) is 3.36. The Morgan fingerprint density at radius 2 is 1.81 bits per heavy atom. The second-order valence-corrected chi connectivity index (χ2v) is 6.40. The lowest BCUT2D eigenvalue weighted by atomic mass is 10.0. The van der Waals surface area contributed by atoms with Crippen LogP contribution in [-0.2, 0) is 17.8 Å². The fraction of sp³-hybridized carbons (Fsp3) is 0.130. The molecule has 1 heterocycles. The molecule has 1 aromatic heterocycles. The highest BCUT2D eigenvalue weighted by molar-refractivity contribution is 5.88. The van der Waals surface area contributed by atoms with Crippen LogP contribution in [0.15, 0.2) is 66.7 Å². The van der Waals surface area contributed by atoms with Gasteiger partial charge in [0.25, 0.3) is 0 Å². The molecule has 0 aliphatic carbocycles. The number of aldehydes is 1. The summed E-state index contributed by atoms with van der Waals surface area (Å²) in [6, 6.07) is 22.2. The Morgan fingerprint density at radius 3 is 2.69 bits per heavy atom. The number of aromatic nitrogens is 1. The van der Waals surface area contributed by atoms with Crippen LogP contribution in [0.1, 0.15) is 16.8 Å². The van der Waals surface area contributed by atoms with Gasteiger partial charge >= 0.3 is 0 Å². The van der Waals surface area contributed by atoms with Gasteiger partial charge in [0.2, 0.25) is 0 Å². The van der Waals surface area contributed by atoms with Crippen LogP contribution in [0.25, 0.3) is 21.7 Å². The molecule has 3 heteroatoms. The zero-order valence-electron chi connectivity index (χ0n) is 14.6. The molecular weight excluding hydrogens is 322 g/mol. The van der Waals surface area contributed by atoms with Gasteiger partial charge in [-0.2, -0.15) is 0 Å². The zero-order valence-corrected chi connectivity index (χ0v) is 14.6. The lowest BCUT2D eigenvalue weighted by Crippen LogP contribution is -1.99. The third-order valence-corrected chi connectivity index (χ3v) is 4.57. The number of rotatable bonds is 5. The number of aryl methyl sites for hydroxylation is 1. The third-order valence-electron chi connectivity index (χ3n) is 4.57. The number of benzene rings is 3. The summed E-state index contributed by atoms with van der Waals surface area (Å²) in [6.45, 7) is 2.49. The summed E-state index contributed by atoms with van der Waals surface area (Å²) in [7, 11) is 0. The van der Waals surface area contributed by atoms with Crippen LogP contribution in [-0.4, -0.2) is 11.3 Å². The smallest absolute Gasteiger partial charge is 0.124 e. The molecule has 0 atom stereocenters. The quantitative estimate of drug-likeness (QED) is 0.479. The SMILES string of the molecule is Cc1cc(COc2ccc3c(CC=O)cccc3c2)c2ccccc2n1. The average Bonchev–Trinajstić information content (AvgIpc) is 2.66.